The van der Waals surface area contributed by atoms with Gasteiger partial charge in [0.05, 0.1) is 12.2 Å². The second-order valence-electron chi connectivity index (χ2n) is 9.62. The summed E-state index contributed by atoms with van der Waals surface area (Å²) >= 11 is 2.17. The van der Waals surface area contributed by atoms with Crippen molar-refractivity contribution in [1.82, 2.24) is 10.6 Å². The molecule has 1 fully saturated rings. The number of hydrogen-bond acceptors (Lipinski definition) is 7. The molecule has 2 aliphatic carbocycles. The summed E-state index contributed by atoms with van der Waals surface area (Å²) in [4.78, 5) is 37.8. The number of amides is 2. The number of halogens is 1. The molecule has 2 aromatic carbocycles. The smallest absolute Gasteiger partial charge is 0.338 e. The van der Waals surface area contributed by atoms with Gasteiger partial charge in [0.1, 0.15) is 18.3 Å². The molecule has 1 aliphatic heterocycles. The minimum atomic E-state index is -0.875. The fourth-order valence-electron chi connectivity index (χ4n) is 5.14. The zero-order valence-corrected chi connectivity index (χ0v) is 22.8. The van der Waals surface area contributed by atoms with Gasteiger partial charge in [-0.1, -0.05) is 24.3 Å². The van der Waals surface area contributed by atoms with Crippen LogP contribution in [0.15, 0.2) is 60.2 Å². The number of rotatable bonds is 8. The number of hydrogen-bond donors (Lipinski definition) is 3. The van der Waals surface area contributed by atoms with Gasteiger partial charge in [0.2, 0.25) is 11.8 Å². The van der Waals surface area contributed by atoms with Gasteiger partial charge in [-0.3, -0.25) is 9.59 Å². The highest BCUT2D eigenvalue weighted by Crippen LogP contribution is 2.45. The fraction of sp³-hybridized carbons (Fsp3) is 0.393. The molecule has 10 heteroatoms. The Kier molecular flexibility index (Phi) is 8.12. The molecule has 9 nitrogen and oxygen atoms in total. The average molecular weight is 632 g/mol. The molecule has 3 aliphatic rings. The summed E-state index contributed by atoms with van der Waals surface area (Å²) in [6, 6.07) is 15.1. The number of fused-ring (bicyclic) bond motifs is 2. The predicted molar refractivity (Wildman–Crippen MR) is 145 cm³/mol. The van der Waals surface area contributed by atoms with E-state index < -0.39 is 30.1 Å². The molecule has 2 amide bonds. The first-order chi connectivity index (χ1) is 18.4. The number of aliphatic hydroxyl groups excluding tert-OH is 1. The standard InChI is InChI=1S/C28H29IN2O7/c29-21-7-5-17(6-8-21)27(35)36-22-13-20(26(34)31-10-9-24(33)30-11-12-32)14-23-25(22)38-28(37-23)15-18-3-1-2-4-19(18)16-28/h1-8,14,22-23,25,32H,9-13,15-16H2,(H,30,33)(H,31,34)/t22-,23-,25+/m1/s1. The molecule has 0 saturated carbocycles. The van der Waals surface area contributed by atoms with Gasteiger partial charge in [-0.05, 0) is 64.1 Å². The highest BCUT2D eigenvalue weighted by molar-refractivity contribution is 14.1. The monoisotopic (exact) mass is 632 g/mol. The Labute approximate surface area is 234 Å². The van der Waals surface area contributed by atoms with Crippen LogP contribution in [-0.4, -0.2) is 66.7 Å². The lowest BCUT2D eigenvalue weighted by atomic mass is 9.91. The third kappa shape index (κ3) is 5.93. The van der Waals surface area contributed by atoms with E-state index in [1.54, 1.807) is 18.2 Å². The molecule has 38 heavy (non-hydrogen) atoms. The van der Waals surface area contributed by atoms with Crippen molar-refractivity contribution >= 4 is 40.4 Å². The van der Waals surface area contributed by atoms with Crippen LogP contribution in [0.1, 0.15) is 34.3 Å². The molecule has 0 unspecified atom stereocenters. The number of ether oxygens (including phenoxy) is 3. The third-order valence-corrected chi connectivity index (χ3v) is 7.64. The first kappa shape index (κ1) is 26.8. The topological polar surface area (TPSA) is 123 Å². The van der Waals surface area contributed by atoms with Crippen LogP contribution >= 0.6 is 22.6 Å². The third-order valence-electron chi connectivity index (χ3n) is 6.92. The molecule has 1 saturated heterocycles. The van der Waals surface area contributed by atoms with Gasteiger partial charge in [-0.2, -0.15) is 0 Å². The fourth-order valence-corrected chi connectivity index (χ4v) is 5.50. The number of benzene rings is 2. The van der Waals surface area contributed by atoms with Gasteiger partial charge in [-0.15, -0.1) is 0 Å². The highest BCUT2D eigenvalue weighted by Gasteiger charge is 2.55. The number of aliphatic hydroxyl groups is 1. The van der Waals surface area contributed by atoms with Gasteiger partial charge in [0, 0.05) is 47.9 Å². The first-order valence-electron chi connectivity index (χ1n) is 12.6. The first-order valence-corrected chi connectivity index (χ1v) is 13.7. The van der Waals surface area contributed by atoms with Crippen molar-refractivity contribution in [2.45, 2.75) is 49.8 Å². The van der Waals surface area contributed by atoms with Crippen LogP contribution in [-0.2, 0) is 36.6 Å². The summed E-state index contributed by atoms with van der Waals surface area (Å²) in [5.74, 6) is -1.99. The Morgan fingerprint density at radius 1 is 1.00 bits per heavy atom. The normalized spacial score (nSPS) is 22.8. The predicted octanol–water partition coefficient (Wildman–Crippen LogP) is 2.04. The van der Waals surface area contributed by atoms with Crippen molar-refractivity contribution in [2.24, 2.45) is 0 Å². The van der Waals surface area contributed by atoms with Crippen LogP contribution in [0.3, 0.4) is 0 Å². The molecular weight excluding hydrogens is 603 g/mol. The van der Waals surface area contributed by atoms with Gasteiger partial charge in [0.25, 0.3) is 0 Å². The Bertz CT molecular complexity index is 1220. The largest absolute Gasteiger partial charge is 0.456 e. The van der Waals surface area contributed by atoms with Crippen molar-refractivity contribution in [3.05, 3.63) is 80.4 Å². The average Bonchev–Trinajstić information content (AvgIpc) is 3.45. The zero-order chi connectivity index (χ0) is 26.7. The maximum Gasteiger partial charge on any atom is 0.338 e. The van der Waals surface area contributed by atoms with E-state index in [4.69, 9.17) is 19.3 Å². The Morgan fingerprint density at radius 2 is 1.71 bits per heavy atom. The van der Waals surface area contributed by atoms with Crippen molar-refractivity contribution < 1.29 is 33.7 Å². The van der Waals surface area contributed by atoms with E-state index >= 15 is 0 Å². The minimum absolute atomic E-state index is 0.0806. The lowest BCUT2D eigenvalue weighted by Gasteiger charge is -2.30. The van der Waals surface area contributed by atoms with E-state index in [-0.39, 0.29) is 44.4 Å². The van der Waals surface area contributed by atoms with Gasteiger partial charge < -0.3 is 30.0 Å². The molecule has 5 rings (SSSR count). The van der Waals surface area contributed by atoms with Crippen molar-refractivity contribution in [2.75, 3.05) is 19.7 Å². The summed E-state index contributed by atoms with van der Waals surface area (Å²) in [5, 5.41) is 14.1. The summed E-state index contributed by atoms with van der Waals surface area (Å²) in [6.07, 6.45) is 1.29. The molecule has 3 N–H and O–H groups in total. The molecular formula is C28H29IN2O7. The summed E-state index contributed by atoms with van der Waals surface area (Å²) in [5.41, 5.74) is 3.14. The van der Waals surface area contributed by atoms with Crippen LogP contribution in [0.4, 0.5) is 0 Å². The molecule has 1 spiro atoms. The summed E-state index contributed by atoms with van der Waals surface area (Å²) in [6.45, 7) is 0.146. The quantitative estimate of drug-likeness (QED) is 0.301. The maximum absolute atomic E-state index is 13.0. The van der Waals surface area contributed by atoms with E-state index in [2.05, 4.69) is 45.4 Å². The zero-order valence-electron chi connectivity index (χ0n) is 20.7. The van der Waals surface area contributed by atoms with E-state index in [0.717, 1.165) is 14.7 Å². The van der Waals surface area contributed by atoms with Crippen molar-refractivity contribution in [3.63, 3.8) is 0 Å². The molecule has 0 aromatic heterocycles. The molecule has 200 valence electrons. The lowest BCUT2D eigenvalue weighted by molar-refractivity contribution is -0.172. The maximum atomic E-state index is 13.0. The molecule has 3 atom stereocenters. The van der Waals surface area contributed by atoms with Crippen molar-refractivity contribution in [3.8, 4) is 0 Å². The Morgan fingerprint density at radius 3 is 2.39 bits per heavy atom. The minimum Gasteiger partial charge on any atom is -0.456 e. The molecule has 0 bridgehead atoms. The molecule has 1 heterocycles. The van der Waals surface area contributed by atoms with Crippen molar-refractivity contribution in [1.29, 1.82) is 0 Å². The van der Waals surface area contributed by atoms with Gasteiger partial charge >= 0.3 is 5.97 Å². The van der Waals surface area contributed by atoms with Gasteiger partial charge in [-0.25, -0.2) is 4.79 Å². The van der Waals surface area contributed by atoms with Gasteiger partial charge in [0.15, 0.2) is 5.79 Å². The van der Waals surface area contributed by atoms with E-state index in [1.165, 1.54) is 0 Å². The molecule has 0 radical (unpaired) electrons. The summed E-state index contributed by atoms with van der Waals surface area (Å²) < 4.78 is 19.9. The van der Waals surface area contributed by atoms with Crippen LogP contribution in [0, 0.1) is 3.57 Å². The number of carbonyl (C=O) groups is 3. The second-order valence-corrected chi connectivity index (χ2v) is 10.9. The van der Waals surface area contributed by atoms with Crippen LogP contribution in [0.25, 0.3) is 0 Å². The van der Waals surface area contributed by atoms with E-state index in [1.807, 2.05) is 24.3 Å². The Hall–Kier alpha value is -2.80. The van der Waals surface area contributed by atoms with Crippen LogP contribution in [0.2, 0.25) is 0 Å². The second kappa shape index (κ2) is 11.5. The SMILES string of the molecule is O=C(CCNC(=O)C1=C[C@H]2OC3(Cc4ccccc4C3)O[C@H]2[C@H](OC(=O)c2ccc(I)cc2)C1)NCCO. The van der Waals surface area contributed by atoms with Crippen LogP contribution in [0.5, 0.6) is 0 Å². The highest BCUT2D eigenvalue weighted by atomic mass is 127. The van der Waals surface area contributed by atoms with E-state index in [9.17, 15) is 14.4 Å². The molecule has 2 aromatic rings. The summed E-state index contributed by atoms with van der Waals surface area (Å²) in [7, 11) is 0. The number of carbonyl (C=O) groups excluding carboxylic acids is 3. The number of nitrogens with one attached hydrogen (secondary N) is 2. The van der Waals surface area contributed by atoms with E-state index in [0.29, 0.717) is 24.0 Å². The number of esters is 1. The Balaban J connectivity index is 1.31. The lowest BCUT2D eigenvalue weighted by Crippen LogP contribution is -2.44. The van der Waals surface area contributed by atoms with Crippen LogP contribution < -0.4 is 10.6 Å².